The van der Waals surface area contributed by atoms with E-state index in [0.717, 1.165) is 0 Å². The van der Waals surface area contributed by atoms with Crippen molar-refractivity contribution in [2.45, 2.75) is 6.92 Å². The maximum absolute atomic E-state index is 13.3. The van der Waals surface area contributed by atoms with E-state index in [0.29, 0.717) is 39.1 Å². The normalized spacial score (nSPS) is 10.7. The average molecular weight is 474 g/mol. The molecule has 1 N–H and O–H groups in total. The molecule has 0 saturated carbocycles. The molecule has 0 fully saturated rings. The zero-order valence-electron chi connectivity index (χ0n) is 19.5. The summed E-state index contributed by atoms with van der Waals surface area (Å²) in [4.78, 5) is 41.1. The first-order chi connectivity index (χ1) is 16.7. The van der Waals surface area contributed by atoms with Gasteiger partial charge < -0.3 is 19.4 Å². The highest BCUT2D eigenvalue weighted by Crippen LogP contribution is 2.31. The molecule has 10 heteroatoms. The molecule has 0 saturated heterocycles. The van der Waals surface area contributed by atoms with Crippen molar-refractivity contribution in [3.05, 3.63) is 86.3 Å². The average Bonchev–Trinajstić information content (AvgIpc) is 2.87. The minimum Gasteiger partial charge on any atom is -0.497 e. The van der Waals surface area contributed by atoms with Crippen LogP contribution in [0, 0.1) is 17.0 Å². The fourth-order valence-corrected chi connectivity index (χ4v) is 3.97. The molecule has 2 aromatic heterocycles. The van der Waals surface area contributed by atoms with E-state index in [9.17, 15) is 19.7 Å². The number of hydrogen-bond acceptors (Lipinski definition) is 7. The SMILES string of the molecule is COc1cc(OC)cc(-c2cc3cnc(NC(=O)c4ccccc4[N+](=O)[O-])c(C)c3n(C)c2=O)c1. The van der Waals surface area contributed by atoms with Gasteiger partial charge in [-0.2, -0.15) is 0 Å². The maximum atomic E-state index is 13.3. The Bertz CT molecular complexity index is 1520. The lowest BCUT2D eigenvalue weighted by Gasteiger charge is -2.15. The van der Waals surface area contributed by atoms with E-state index in [2.05, 4.69) is 10.3 Å². The molecule has 35 heavy (non-hydrogen) atoms. The summed E-state index contributed by atoms with van der Waals surface area (Å²) in [6.07, 6.45) is 1.54. The van der Waals surface area contributed by atoms with E-state index in [1.807, 2.05) is 0 Å². The number of nitrogens with zero attached hydrogens (tertiary/aromatic N) is 3. The standard InChI is InChI=1S/C25H22N4O6/c1-14-22-16(13-26-23(14)27-24(30)19-7-5-6-8-21(19)29(32)33)11-20(25(31)28(22)2)15-9-17(34-3)12-18(10-15)35-4/h5-13H,1-4H3,(H,26,27,30). The first-order valence-electron chi connectivity index (χ1n) is 10.5. The van der Waals surface area contributed by atoms with Crippen molar-refractivity contribution in [3.63, 3.8) is 0 Å². The Kier molecular flexibility index (Phi) is 6.20. The molecule has 0 aliphatic carbocycles. The third kappa shape index (κ3) is 4.29. The van der Waals surface area contributed by atoms with Gasteiger partial charge in [0.2, 0.25) is 0 Å². The van der Waals surface area contributed by atoms with Crippen LogP contribution in [0.4, 0.5) is 11.5 Å². The van der Waals surface area contributed by atoms with Crippen molar-refractivity contribution in [3.8, 4) is 22.6 Å². The summed E-state index contributed by atoms with van der Waals surface area (Å²) in [7, 11) is 4.70. The number of amides is 1. The van der Waals surface area contributed by atoms with Gasteiger partial charge in [-0.05, 0) is 36.8 Å². The van der Waals surface area contributed by atoms with Gasteiger partial charge in [0.15, 0.2) is 0 Å². The minimum absolute atomic E-state index is 0.0880. The third-order valence-corrected chi connectivity index (χ3v) is 5.73. The summed E-state index contributed by atoms with van der Waals surface area (Å²) in [5.41, 5.74) is 1.50. The summed E-state index contributed by atoms with van der Waals surface area (Å²) >= 11 is 0. The van der Waals surface area contributed by atoms with Gasteiger partial charge in [-0.1, -0.05) is 12.1 Å². The quantitative estimate of drug-likeness (QED) is 0.330. The molecule has 0 aliphatic heterocycles. The number of para-hydroxylation sites is 1. The van der Waals surface area contributed by atoms with E-state index in [1.54, 1.807) is 44.3 Å². The summed E-state index contributed by atoms with van der Waals surface area (Å²) in [5, 5.41) is 14.6. The van der Waals surface area contributed by atoms with E-state index in [-0.39, 0.29) is 22.6 Å². The van der Waals surface area contributed by atoms with Crippen LogP contribution in [0.1, 0.15) is 15.9 Å². The van der Waals surface area contributed by atoms with Crippen LogP contribution in [0.25, 0.3) is 22.0 Å². The molecule has 178 valence electrons. The number of aromatic nitrogens is 2. The monoisotopic (exact) mass is 474 g/mol. The van der Waals surface area contributed by atoms with E-state index in [1.165, 1.54) is 43.2 Å². The number of carbonyl (C=O) groups is 1. The molecule has 0 unspecified atom stereocenters. The zero-order chi connectivity index (χ0) is 25.3. The number of carbonyl (C=O) groups excluding carboxylic acids is 1. The molecule has 4 aromatic rings. The highest BCUT2D eigenvalue weighted by atomic mass is 16.6. The Morgan fingerprint density at radius 3 is 2.37 bits per heavy atom. The Hall–Kier alpha value is -4.73. The zero-order valence-corrected chi connectivity index (χ0v) is 19.5. The van der Waals surface area contributed by atoms with Crippen molar-refractivity contribution in [2.24, 2.45) is 7.05 Å². The van der Waals surface area contributed by atoms with Gasteiger partial charge in [-0.15, -0.1) is 0 Å². The van der Waals surface area contributed by atoms with Gasteiger partial charge in [-0.3, -0.25) is 19.7 Å². The molecule has 0 bridgehead atoms. The molecule has 0 radical (unpaired) electrons. The van der Waals surface area contributed by atoms with Crippen molar-refractivity contribution >= 4 is 28.3 Å². The summed E-state index contributed by atoms with van der Waals surface area (Å²) in [6.45, 7) is 1.72. The maximum Gasteiger partial charge on any atom is 0.282 e. The van der Waals surface area contributed by atoms with Crippen LogP contribution in [0.15, 0.2) is 59.5 Å². The molecular formula is C25H22N4O6. The second kappa shape index (κ2) is 9.26. The number of nitro groups is 1. The number of rotatable bonds is 6. The fourth-order valence-electron chi connectivity index (χ4n) is 3.97. The van der Waals surface area contributed by atoms with Crippen molar-refractivity contribution in [1.29, 1.82) is 0 Å². The molecule has 0 aliphatic rings. The number of fused-ring (bicyclic) bond motifs is 1. The molecule has 2 aromatic carbocycles. The summed E-state index contributed by atoms with van der Waals surface area (Å²) in [6, 6.07) is 12.6. The van der Waals surface area contributed by atoms with Gasteiger partial charge in [0.1, 0.15) is 22.9 Å². The predicted molar refractivity (Wildman–Crippen MR) is 131 cm³/mol. The highest BCUT2D eigenvalue weighted by molar-refractivity contribution is 6.07. The highest BCUT2D eigenvalue weighted by Gasteiger charge is 2.21. The van der Waals surface area contributed by atoms with Gasteiger partial charge in [0.05, 0.1) is 24.7 Å². The van der Waals surface area contributed by atoms with Crippen LogP contribution in [-0.4, -0.2) is 34.6 Å². The fraction of sp³-hybridized carbons (Fsp3) is 0.160. The topological polar surface area (TPSA) is 126 Å². The molecule has 0 atom stereocenters. The second-order valence-electron chi connectivity index (χ2n) is 7.79. The van der Waals surface area contributed by atoms with Gasteiger partial charge in [0.25, 0.3) is 17.2 Å². The number of hydrogen-bond donors (Lipinski definition) is 1. The Morgan fingerprint density at radius 2 is 1.74 bits per heavy atom. The largest absolute Gasteiger partial charge is 0.497 e. The van der Waals surface area contributed by atoms with Crippen molar-refractivity contribution in [2.75, 3.05) is 19.5 Å². The molecule has 0 spiro atoms. The lowest BCUT2D eigenvalue weighted by Crippen LogP contribution is -2.21. The number of aryl methyl sites for hydroxylation is 2. The Labute approximate surface area is 199 Å². The summed E-state index contributed by atoms with van der Waals surface area (Å²) in [5.74, 6) is 0.622. The second-order valence-corrected chi connectivity index (χ2v) is 7.79. The van der Waals surface area contributed by atoms with Crippen LogP contribution in [-0.2, 0) is 7.05 Å². The van der Waals surface area contributed by atoms with E-state index in [4.69, 9.17) is 9.47 Å². The van der Waals surface area contributed by atoms with Crippen LogP contribution >= 0.6 is 0 Å². The Balaban J connectivity index is 1.80. The number of benzene rings is 2. The van der Waals surface area contributed by atoms with E-state index >= 15 is 0 Å². The van der Waals surface area contributed by atoms with Gasteiger partial charge in [0, 0.05) is 41.9 Å². The molecular weight excluding hydrogens is 452 g/mol. The van der Waals surface area contributed by atoms with Crippen molar-refractivity contribution < 1.29 is 19.2 Å². The number of pyridine rings is 2. The van der Waals surface area contributed by atoms with Crippen LogP contribution < -0.4 is 20.3 Å². The number of ether oxygens (including phenoxy) is 2. The predicted octanol–water partition coefficient (Wildman–Crippen LogP) is 4.09. The number of anilines is 1. The lowest BCUT2D eigenvalue weighted by atomic mass is 10.0. The molecule has 4 rings (SSSR count). The molecule has 2 heterocycles. The van der Waals surface area contributed by atoms with Crippen LogP contribution in [0.3, 0.4) is 0 Å². The minimum atomic E-state index is -0.669. The molecule has 10 nitrogen and oxygen atoms in total. The number of nitro benzene ring substituents is 1. The number of methoxy groups -OCH3 is 2. The lowest BCUT2D eigenvalue weighted by molar-refractivity contribution is -0.385. The third-order valence-electron chi connectivity index (χ3n) is 5.73. The van der Waals surface area contributed by atoms with E-state index < -0.39 is 10.8 Å². The van der Waals surface area contributed by atoms with Crippen molar-refractivity contribution in [1.82, 2.24) is 9.55 Å². The van der Waals surface area contributed by atoms with Gasteiger partial charge >= 0.3 is 0 Å². The Morgan fingerprint density at radius 1 is 1.09 bits per heavy atom. The first kappa shape index (κ1) is 23.4. The van der Waals surface area contributed by atoms with Crippen LogP contribution in [0.2, 0.25) is 0 Å². The number of nitrogens with one attached hydrogen (secondary N) is 1. The summed E-state index contributed by atoms with van der Waals surface area (Å²) < 4.78 is 12.1. The first-order valence-corrected chi connectivity index (χ1v) is 10.5. The smallest absolute Gasteiger partial charge is 0.282 e. The van der Waals surface area contributed by atoms with Crippen LogP contribution in [0.5, 0.6) is 11.5 Å². The van der Waals surface area contributed by atoms with Gasteiger partial charge in [-0.25, -0.2) is 4.98 Å². The molecule has 1 amide bonds.